The Hall–Kier alpha value is -7.23. The smallest absolute Gasteiger partial charge is 0.324 e. The summed E-state index contributed by atoms with van der Waals surface area (Å²) in [4.78, 5) is 46.7. The van der Waals surface area contributed by atoms with Gasteiger partial charge >= 0.3 is 6.03 Å². The molecule has 3 heterocycles. The Morgan fingerprint density at radius 2 is 1.28 bits per heavy atom. The lowest BCUT2D eigenvalue weighted by atomic mass is 9.95. The Kier molecular flexibility index (Phi) is 13.7. The van der Waals surface area contributed by atoms with Crippen LogP contribution in [0.2, 0.25) is 0 Å². The minimum absolute atomic E-state index is 0.191. The van der Waals surface area contributed by atoms with Crippen LogP contribution in [0.15, 0.2) is 145 Å². The minimum atomic E-state index is -0.628. The fourth-order valence-electron chi connectivity index (χ4n) is 8.47. The van der Waals surface area contributed by atoms with Crippen molar-refractivity contribution < 1.29 is 38.7 Å². The number of aryl methyl sites for hydroxylation is 2. The standard InChI is InChI=1S/C51H52N6O8/c1-34-6-4-7-35(2)48(34)41-8-5-9-45(27-41)56(30-37-10-14-39(15-11-37)49(58)52-61)36(3)55-21-25-65-47(32-55)44-26-43(42-18-22-64-33-42)28-46(29-44)57(51(60)54-19-23-63-24-20-54)31-38-12-16-40(17-13-38)50(59)53-62/h4-18,22,26-29,33,47,61-62H,3,19-21,23-25,30-32H2,1-2H3,(H,52,58)(H,53,59). The molecule has 5 aromatic carbocycles. The van der Waals surface area contributed by atoms with Gasteiger partial charge in [0.05, 0.1) is 38.9 Å². The van der Waals surface area contributed by atoms with Gasteiger partial charge in [-0.1, -0.05) is 61.2 Å². The van der Waals surface area contributed by atoms with E-state index >= 15 is 0 Å². The van der Waals surface area contributed by atoms with Crippen LogP contribution >= 0.6 is 0 Å². The molecule has 0 spiro atoms. The second-order valence-electron chi connectivity index (χ2n) is 16.2. The van der Waals surface area contributed by atoms with Gasteiger partial charge in [-0.05, 0) is 119 Å². The average Bonchev–Trinajstić information content (AvgIpc) is 3.90. The largest absolute Gasteiger partial charge is 0.472 e. The van der Waals surface area contributed by atoms with Crippen LogP contribution < -0.4 is 20.8 Å². The van der Waals surface area contributed by atoms with Gasteiger partial charge in [0.15, 0.2) is 0 Å². The number of hydrogen-bond acceptors (Lipinski definition) is 10. The van der Waals surface area contributed by atoms with E-state index in [2.05, 4.69) is 72.2 Å². The number of furan rings is 1. The van der Waals surface area contributed by atoms with Crippen LogP contribution in [-0.4, -0.2) is 84.1 Å². The van der Waals surface area contributed by atoms with E-state index in [0.717, 1.165) is 44.9 Å². The lowest BCUT2D eigenvalue weighted by molar-refractivity contribution is -0.0188. The summed E-state index contributed by atoms with van der Waals surface area (Å²) in [5.74, 6) is -0.463. The molecule has 14 heteroatoms. The van der Waals surface area contributed by atoms with Crippen molar-refractivity contribution in [1.82, 2.24) is 20.8 Å². The Morgan fingerprint density at radius 3 is 1.89 bits per heavy atom. The zero-order valence-electron chi connectivity index (χ0n) is 36.4. The summed E-state index contributed by atoms with van der Waals surface area (Å²) < 4.78 is 17.7. The number of carbonyl (C=O) groups excluding carboxylic acids is 3. The second-order valence-corrected chi connectivity index (χ2v) is 16.2. The van der Waals surface area contributed by atoms with E-state index in [1.54, 1.807) is 69.7 Å². The predicted molar refractivity (Wildman–Crippen MR) is 246 cm³/mol. The van der Waals surface area contributed by atoms with Crippen molar-refractivity contribution in [3.8, 4) is 22.3 Å². The summed E-state index contributed by atoms with van der Waals surface area (Å²) in [7, 11) is 0. The van der Waals surface area contributed by atoms with Crippen molar-refractivity contribution in [2.45, 2.75) is 33.0 Å². The number of benzene rings is 5. The Labute approximate surface area is 377 Å². The number of morpholine rings is 2. The van der Waals surface area contributed by atoms with Crippen molar-refractivity contribution >= 4 is 29.2 Å². The third kappa shape index (κ3) is 10.1. The molecule has 0 saturated carbocycles. The van der Waals surface area contributed by atoms with E-state index < -0.39 is 17.9 Å². The number of urea groups is 1. The molecular formula is C51H52N6O8. The van der Waals surface area contributed by atoms with Crippen LogP contribution in [-0.2, 0) is 22.6 Å². The van der Waals surface area contributed by atoms with E-state index in [1.807, 2.05) is 30.3 Å². The van der Waals surface area contributed by atoms with Crippen molar-refractivity contribution in [2.75, 3.05) is 55.8 Å². The quantitative estimate of drug-likeness (QED) is 0.0655. The third-order valence-electron chi connectivity index (χ3n) is 12.0. The number of anilines is 2. The van der Waals surface area contributed by atoms with Gasteiger partial charge in [-0.25, -0.2) is 15.8 Å². The monoisotopic (exact) mass is 876 g/mol. The Bertz CT molecular complexity index is 2620. The number of nitrogens with one attached hydrogen (secondary N) is 2. The fraction of sp³-hybridized carbons (Fsp3) is 0.235. The maximum Gasteiger partial charge on any atom is 0.324 e. The number of hydrogen-bond donors (Lipinski definition) is 4. The normalized spacial score (nSPS) is 15.0. The van der Waals surface area contributed by atoms with E-state index in [9.17, 15) is 24.8 Å². The molecule has 2 saturated heterocycles. The summed E-state index contributed by atoms with van der Waals surface area (Å²) in [6, 6.07) is 36.3. The van der Waals surface area contributed by atoms with E-state index in [-0.39, 0.29) is 18.1 Å². The molecule has 2 fully saturated rings. The summed E-state index contributed by atoms with van der Waals surface area (Å²) in [5.41, 5.74) is 14.4. The first kappa shape index (κ1) is 44.4. The van der Waals surface area contributed by atoms with E-state index in [1.165, 1.54) is 16.7 Å². The van der Waals surface area contributed by atoms with Crippen LogP contribution in [0.25, 0.3) is 22.3 Å². The van der Waals surface area contributed by atoms with Gasteiger partial charge in [-0.15, -0.1) is 0 Å². The highest BCUT2D eigenvalue weighted by atomic mass is 16.5. The van der Waals surface area contributed by atoms with Crippen LogP contribution in [0.3, 0.4) is 0 Å². The molecular weight excluding hydrogens is 825 g/mol. The molecule has 334 valence electrons. The lowest BCUT2D eigenvalue weighted by Gasteiger charge is -2.41. The maximum atomic E-state index is 14.5. The Morgan fingerprint density at radius 1 is 0.677 bits per heavy atom. The molecule has 14 nitrogen and oxygen atoms in total. The van der Waals surface area contributed by atoms with Gasteiger partial charge in [0.2, 0.25) is 0 Å². The molecule has 65 heavy (non-hydrogen) atoms. The lowest BCUT2D eigenvalue weighted by Crippen LogP contribution is -2.48. The highest BCUT2D eigenvalue weighted by molar-refractivity contribution is 5.95. The molecule has 1 atom stereocenters. The average molecular weight is 877 g/mol. The minimum Gasteiger partial charge on any atom is -0.472 e. The van der Waals surface area contributed by atoms with Crippen LogP contribution in [0.1, 0.15) is 54.6 Å². The fourth-order valence-corrected chi connectivity index (χ4v) is 8.47. The molecule has 2 aliphatic rings. The number of rotatable bonds is 13. The van der Waals surface area contributed by atoms with Gasteiger partial charge in [0, 0.05) is 60.8 Å². The number of amides is 4. The number of carbonyl (C=O) groups is 3. The highest BCUT2D eigenvalue weighted by Crippen LogP contribution is 2.37. The zero-order valence-corrected chi connectivity index (χ0v) is 36.4. The second kappa shape index (κ2) is 20.1. The molecule has 1 unspecified atom stereocenters. The highest BCUT2D eigenvalue weighted by Gasteiger charge is 2.30. The topological polar surface area (TPSA) is 160 Å². The van der Waals surface area contributed by atoms with Crippen LogP contribution in [0.5, 0.6) is 0 Å². The molecule has 8 rings (SSSR count). The number of ether oxygens (including phenoxy) is 2. The summed E-state index contributed by atoms with van der Waals surface area (Å²) in [5, 5.41) is 18.4. The Balaban J connectivity index is 1.14. The molecule has 1 aromatic heterocycles. The SMILES string of the molecule is C=C(N1CCOC(c2cc(-c3ccoc3)cc(N(Cc3ccc(C(=O)NO)cc3)C(=O)N3CCOCC3)c2)C1)N(Cc1ccc(C(=O)NO)cc1)c1cccc(-c2c(C)cccc2C)c1. The van der Waals surface area contributed by atoms with Crippen molar-refractivity contribution in [3.05, 3.63) is 179 Å². The van der Waals surface area contributed by atoms with Crippen molar-refractivity contribution in [3.63, 3.8) is 0 Å². The van der Waals surface area contributed by atoms with Crippen molar-refractivity contribution in [1.29, 1.82) is 0 Å². The van der Waals surface area contributed by atoms with Gasteiger partial charge in [0.1, 0.15) is 11.9 Å². The molecule has 0 bridgehead atoms. The maximum absolute atomic E-state index is 14.5. The number of hydroxylamine groups is 2. The first-order valence-corrected chi connectivity index (χ1v) is 21.5. The van der Waals surface area contributed by atoms with Crippen LogP contribution in [0, 0.1) is 13.8 Å². The molecule has 0 radical (unpaired) electrons. The summed E-state index contributed by atoms with van der Waals surface area (Å²) >= 11 is 0. The zero-order chi connectivity index (χ0) is 45.5. The van der Waals surface area contributed by atoms with Crippen molar-refractivity contribution in [2.24, 2.45) is 0 Å². The van der Waals surface area contributed by atoms with Gasteiger partial charge < -0.3 is 28.6 Å². The van der Waals surface area contributed by atoms with Gasteiger partial charge in [-0.3, -0.25) is 24.9 Å². The molecule has 6 aromatic rings. The van der Waals surface area contributed by atoms with E-state index in [4.69, 9.17) is 20.5 Å². The summed E-state index contributed by atoms with van der Waals surface area (Å²) in [6.45, 7) is 12.7. The van der Waals surface area contributed by atoms with Crippen LogP contribution in [0.4, 0.5) is 16.2 Å². The first-order chi connectivity index (χ1) is 31.6. The predicted octanol–water partition coefficient (Wildman–Crippen LogP) is 8.48. The molecule has 0 aliphatic carbocycles. The molecule has 4 amide bonds. The molecule has 2 aliphatic heterocycles. The van der Waals surface area contributed by atoms with Gasteiger partial charge in [-0.2, -0.15) is 0 Å². The third-order valence-corrected chi connectivity index (χ3v) is 12.0. The van der Waals surface area contributed by atoms with Gasteiger partial charge in [0.25, 0.3) is 11.8 Å². The first-order valence-electron chi connectivity index (χ1n) is 21.5. The summed E-state index contributed by atoms with van der Waals surface area (Å²) in [6.07, 6.45) is 2.86. The number of nitrogens with zero attached hydrogens (tertiary/aromatic N) is 4. The molecule has 4 N–H and O–H groups in total. The van der Waals surface area contributed by atoms with E-state index in [0.29, 0.717) is 63.8 Å².